The van der Waals surface area contributed by atoms with Crippen molar-refractivity contribution in [2.75, 3.05) is 18.1 Å². The summed E-state index contributed by atoms with van der Waals surface area (Å²) >= 11 is 1.86. The third kappa shape index (κ3) is 3.13. The van der Waals surface area contributed by atoms with Gasteiger partial charge in [0.2, 0.25) is 0 Å². The number of nitrogens with zero attached hydrogens (tertiary/aromatic N) is 1. The zero-order valence-corrected chi connectivity index (χ0v) is 12.5. The third-order valence-corrected chi connectivity index (χ3v) is 4.46. The Bertz CT molecular complexity index is 621. The van der Waals surface area contributed by atoms with E-state index in [1.165, 1.54) is 0 Å². The van der Waals surface area contributed by atoms with Gasteiger partial charge in [0.05, 0.1) is 5.52 Å². The molecule has 0 aliphatic carbocycles. The van der Waals surface area contributed by atoms with E-state index in [4.69, 9.17) is 0 Å². The number of nitrogens with one attached hydrogen (secondary N) is 1. The lowest BCUT2D eigenvalue weighted by atomic mass is 10.1. The van der Waals surface area contributed by atoms with Crippen molar-refractivity contribution in [2.24, 2.45) is 7.05 Å². The van der Waals surface area contributed by atoms with Gasteiger partial charge in [-0.1, -0.05) is 25.1 Å². The van der Waals surface area contributed by atoms with E-state index in [0.29, 0.717) is 5.25 Å². The second-order valence-corrected chi connectivity index (χ2v) is 6.01. The summed E-state index contributed by atoms with van der Waals surface area (Å²) in [5.41, 5.74) is 1.93. The van der Waals surface area contributed by atoms with Crippen molar-refractivity contribution in [3.63, 3.8) is 0 Å². The highest BCUT2D eigenvalue weighted by Gasteiger charge is 2.06. The zero-order chi connectivity index (χ0) is 13.8. The van der Waals surface area contributed by atoms with Gasteiger partial charge < -0.3 is 9.88 Å². The van der Waals surface area contributed by atoms with Crippen LogP contribution in [-0.4, -0.2) is 22.6 Å². The molecule has 1 heterocycles. The van der Waals surface area contributed by atoms with Crippen LogP contribution in [0, 0.1) is 0 Å². The Kier molecular flexibility index (Phi) is 4.53. The first-order chi connectivity index (χ1) is 9.13. The summed E-state index contributed by atoms with van der Waals surface area (Å²) in [6, 6.07) is 9.68. The van der Waals surface area contributed by atoms with Crippen molar-refractivity contribution in [2.45, 2.75) is 18.6 Å². The minimum atomic E-state index is 0.0270. The minimum Gasteiger partial charge on any atom is -0.384 e. The number of hydrogen-bond donors (Lipinski definition) is 1. The molecule has 1 aromatic carbocycles. The number of benzene rings is 1. The van der Waals surface area contributed by atoms with Crippen LogP contribution in [-0.2, 0) is 7.05 Å². The van der Waals surface area contributed by atoms with Gasteiger partial charge in [0.15, 0.2) is 0 Å². The van der Waals surface area contributed by atoms with E-state index in [9.17, 15) is 4.79 Å². The molecule has 102 valence electrons. The lowest BCUT2D eigenvalue weighted by Gasteiger charge is -2.13. The van der Waals surface area contributed by atoms with Gasteiger partial charge >= 0.3 is 0 Å². The average Bonchev–Trinajstić information content (AvgIpc) is 2.44. The third-order valence-electron chi connectivity index (χ3n) is 3.42. The highest BCUT2D eigenvalue weighted by molar-refractivity contribution is 7.99. The molecule has 0 amide bonds. The highest BCUT2D eigenvalue weighted by atomic mass is 32.2. The molecule has 0 bridgehead atoms. The molecule has 0 saturated carbocycles. The first-order valence-electron chi connectivity index (χ1n) is 6.49. The van der Waals surface area contributed by atoms with Gasteiger partial charge in [-0.05, 0) is 18.7 Å². The van der Waals surface area contributed by atoms with Crippen LogP contribution in [0.1, 0.15) is 13.3 Å². The first kappa shape index (κ1) is 14.0. The molecule has 3 nitrogen and oxygen atoms in total. The smallest absolute Gasteiger partial charge is 0.252 e. The lowest BCUT2D eigenvalue weighted by Crippen LogP contribution is -2.18. The number of fused-ring (bicyclic) bond motifs is 1. The zero-order valence-electron chi connectivity index (χ0n) is 11.6. The maximum absolute atomic E-state index is 11.9. The second-order valence-electron chi connectivity index (χ2n) is 4.73. The quantitative estimate of drug-likeness (QED) is 0.911. The fourth-order valence-corrected chi connectivity index (χ4v) is 2.44. The van der Waals surface area contributed by atoms with Crippen LogP contribution in [0.4, 0.5) is 5.69 Å². The molecular formula is C15H20N2OS. The Balaban J connectivity index is 2.28. The lowest BCUT2D eigenvalue weighted by molar-refractivity contribution is 0.852. The summed E-state index contributed by atoms with van der Waals surface area (Å²) in [7, 11) is 1.81. The van der Waals surface area contributed by atoms with E-state index >= 15 is 0 Å². The maximum Gasteiger partial charge on any atom is 0.252 e. The number of pyridine rings is 1. The number of aryl methyl sites for hydroxylation is 1. The Hall–Kier alpha value is -1.42. The molecule has 0 radical (unpaired) electrons. The number of aromatic nitrogens is 1. The first-order valence-corrected chi connectivity index (χ1v) is 7.77. The average molecular weight is 276 g/mol. The molecule has 1 unspecified atom stereocenters. The van der Waals surface area contributed by atoms with Crippen LogP contribution < -0.4 is 10.9 Å². The van der Waals surface area contributed by atoms with Gasteiger partial charge in [0, 0.05) is 36.0 Å². The number of thioether (sulfide) groups is 1. The molecule has 0 saturated heterocycles. The molecular weight excluding hydrogens is 256 g/mol. The van der Waals surface area contributed by atoms with Gasteiger partial charge in [-0.25, -0.2) is 0 Å². The van der Waals surface area contributed by atoms with Gasteiger partial charge in [0.25, 0.3) is 5.56 Å². The van der Waals surface area contributed by atoms with Crippen molar-refractivity contribution in [1.82, 2.24) is 4.57 Å². The largest absolute Gasteiger partial charge is 0.384 e. The summed E-state index contributed by atoms with van der Waals surface area (Å²) in [5.74, 6) is 0. The standard InChI is InChI=1S/C15H20N2OS/c1-11(19-3)8-9-16-13-10-15(18)17(2)14-7-5-4-6-12(13)14/h4-7,10-11,16H,8-9H2,1-3H3. The molecule has 0 aliphatic rings. The second kappa shape index (κ2) is 6.15. The number of rotatable bonds is 5. The summed E-state index contributed by atoms with van der Waals surface area (Å²) < 4.78 is 1.69. The number of para-hydroxylation sites is 1. The van der Waals surface area contributed by atoms with Crippen LogP contribution in [0.2, 0.25) is 0 Å². The molecule has 2 aromatic rings. The van der Waals surface area contributed by atoms with Gasteiger partial charge in [-0.15, -0.1) is 0 Å². The Morgan fingerprint density at radius 3 is 2.84 bits per heavy atom. The van der Waals surface area contributed by atoms with Gasteiger partial charge in [0.1, 0.15) is 0 Å². The number of hydrogen-bond acceptors (Lipinski definition) is 3. The van der Waals surface area contributed by atoms with Crippen LogP contribution in [0.3, 0.4) is 0 Å². The van der Waals surface area contributed by atoms with Crippen LogP contribution in [0.25, 0.3) is 10.9 Å². The van der Waals surface area contributed by atoms with E-state index in [0.717, 1.165) is 29.6 Å². The van der Waals surface area contributed by atoms with Crippen LogP contribution in [0.5, 0.6) is 0 Å². The van der Waals surface area contributed by atoms with Gasteiger partial charge in [-0.2, -0.15) is 11.8 Å². The molecule has 1 atom stereocenters. The van der Waals surface area contributed by atoms with E-state index in [2.05, 4.69) is 24.6 Å². The normalized spacial score (nSPS) is 12.6. The molecule has 2 rings (SSSR count). The topological polar surface area (TPSA) is 34.0 Å². The van der Waals surface area contributed by atoms with Gasteiger partial charge in [-0.3, -0.25) is 4.79 Å². The SMILES string of the molecule is CSC(C)CCNc1cc(=O)n(C)c2ccccc12. The summed E-state index contributed by atoms with van der Waals surface area (Å²) in [6.45, 7) is 3.10. The van der Waals surface area contributed by atoms with Crippen molar-refractivity contribution in [1.29, 1.82) is 0 Å². The molecule has 0 aliphatic heterocycles. The van der Waals surface area contributed by atoms with Crippen molar-refractivity contribution >= 4 is 28.4 Å². The molecule has 19 heavy (non-hydrogen) atoms. The van der Waals surface area contributed by atoms with Crippen LogP contribution in [0.15, 0.2) is 35.1 Å². The summed E-state index contributed by atoms with van der Waals surface area (Å²) in [6.07, 6.45) is 3.21. The molecule has 1 N–H and O–H groups in total. The van der Waals surface area contributed by atoms with E-state index in [1.807, 2.05) is 37.0 Å². The Morgan fingerprint density at radius 2 is 2.11 bits per heavy atom. The summed E-state index contributed by atoms with van der Waals surface area (Å²) in [4.78, 5) is 11.9. The monoisotopic (exact) mass is 276 g/mol. The van der Waals surface area contributed by atoms with Crippen molar-refractivity contribution in [3.05, 3.63) is 40.7 Å². The minimum absolute atomic E-state index is 0.0270. The van der Waals surface area contributed by atoms with E-state index in [-0.39, 0.29) is 5.56 Å². The Labute approximate surface area is 118 Å². The fourth-order valence-electron chi connectivity index (χ4n) is 2.08. The fraction of sp³-hybridized carbons (Fsp3) is 0.400. The maximum atomic E-state index is 11.9. The van der Waals surface area contributed by atoms with E-state index < -0.39 is 0 Å². The van der Waals surface area contributed by atoms with Crippen molar-refractivity contribution < 1.29 is 0 Å². The highest BCUT2D eigenvalue weighted by Crippen LogP contribution is 2.21. The molecule has 1 aromatic heterocycles. The molecule has 0 spiro atoms. The number of anilines is 1. The predicted octanol–water partition coefficient (Wildman–Crippen LogP) is 3.09. The molecule has 0 fully saturated rings. The predicted molar refractivity (Wildman–Crippen MR) is 85.3 cm³/mol. The van der Waals surface area contributed by atoms with Crippen molar-refractivity contribution in [3.8, 4) is 0 Å². The Morgan fingerprint density at radius 1 is 1.37 bits per heavy atom. The van der Waals surface area contributed by atoms with Crippen LogP contribution >= 0.6 is 11.8 Å². The molecule has 4 heteroatoms. The summed E-state index contributed by atoms with van der Waals surface area (Å²) in [5, 5.41) is 5.12. The van der Waals surface area contributed by atoms with E-state index in [1.54, 1.807) is 10.6 Å².